The molecule has 13 nitrogen and oxygen atoms in total. The molecule has 0 spiro atoms. The molecule has 0 bridgehead atoms. The van der Waals surface area contributed by atoms with E-state index in [4.69, 9.17) is 9.47 Å². The molecule has 0 atom stereocenters. The van der Waals surface area contributed by atoms with Crippen molar-refractivity contribution < 1.29 is 33.7 Å². The van der Waals surface area contributed by atoms with Crippen LogP contribution < -0.4 is 14.8 Å². The van der Waals surface area contributed by atoms with Crippen LogP contribution in [0.15, 0.2) is 65.6 Å². The summed E-state index contributed by atoms with van der Waals surface area (Å²) >= 11 is 0.608. The van der Waals surface area contributed by atoms with Crippen molar-refractivity contribution in [3.8, 4) is 17.2 Å². The van der Waals surface area contributed by atoms with Crippen molar-refractivity contribution in [2.75, 3.05) is 19.0 Å². The lowest BCUT2D eigenvalue weighted by atomic mass is 10.1. The molecule has 0 aromatic heterocycles. The number of nitrogens with one attached hydrogen (secondary N) is 1. The second-order valence-corrected chi connectivity index (χ2v) is 9.33. The number of nitro groups is 2. The number of methoxy groups -OCH3 is 1. The van der Waals surface area contributed by atoms with Crippen LogP contribution in [0.4, 0.5) is 21.9 Å². The Kier molecular flexibility index (Phi) is 8.09. The number of hydrogen-bond acceptors (Lipinski definition) is 10. The summed E-state index contributed by atoms with van der Waals surface area (Å²) in [6.07, 6.45) is 1.33. The maximum absolute atomic E-state index is 13.0. The number of non-ortho nitro benzene ring substituents is 1. The van der Waals surface area contributed by atoms with Crippen LogP contribution in [0.2, 0.25) is 0 Å². The number of benzene rings is 3. The SMILES string of the molecule is COc1cccc(/C=C2/SC(=O)N(CC(=O)Nc3cccc(C)c3)C2=O)c1Oc1ccc([N+](=O)[O-])cc1[N+](=O)[O-]. The van der Waals surface area contributed by atoms with Crippen molar-refractivity contribution in [2.45, 2.75) is 6.92 Å². The molecule has 0 saturated carbocycles. The predicted octanol–water partition coefficient (Wildman–Crippen LogP) is 5.29. The van der Waals surface area contributed by atoms with Gasteiger partial charge in [0, 0.05) is 17.3 Å². The molecule has 1 aliphatic heterocycles. The van der Waals surface area contributed by atoms with Gasteiger partial charge in [-0.25, -0.2) is 0 Å². The Bertz CT molecular complexity index is 1590. The van der Waals surface area contributed by atoms with Gasteiger partial charge in [0.1, 0.15) is 6.54 Å². The number of rotatable bonds is 9. The summed E-state index contributed by atoms with van der Waals surface area (Å²) in [6.45, 7) is 1.35. The van der Waals surface area contributed by atoms with E-state index in [1.54, 1.807) is 24.3 Å². The highest BCUT2D eigenvalue weighted by atomic mass is 32.2. The lowest BCUT2D eigenvalue weighted by molar-refractivity contribution is -0.394. The quantitative estimate of drug-likeness (QED) is 0.205. The maximum atomic E-state index is 13.0. The van der Waals surface area contributed by atoms with E-state index in [1.165, 1.54) is 25.3 Å². The fourth-order valence-corrected chi connectivity index (χ4v) is 4.55. The third kappa shape index (κ3) is 6.07. The van der Waals surface area contributed by atoms with Crippen LogP contribution in [0, 0.1) is 27.2 Å². The van der Waals surface area contributed by atoms with Crippen molar-refractivity contribution in [2.24, 2.45) is 0 Å². The lowest BCUT2D eigenvalue weighted by Gasteiger charge is -2.14. The molecule has 3 amide bonds. The smallest absolute Gasteiger partial charge is 0.318 e. The first-order valence-corrected chi connectivity index (χ1v) is 12.3. The Labute approximate surface area is 230 Å². The summed E-state index contributed by atoms with van der Waals surface area (Å²) in [5.41, 5.74) is 0.500. The first kappa shape index (κ1) is 27.8. The van der Waals surface area contributed by atoms with Crippen LogP contribution in [0.5, 0.6) is 17.2 Å². The molecule has 4 rings (SSSR count). The number of nitro benzene ring substituents is 2. The summed E-state index contributed by atoms with van der Waals surface area (Å²) < 4.78 is 11.1. The standard InChI is InChI=1S/C26H20N4O9S/c1-15-5-3-7-17(11-15)27-23(31)14-28-25(32)22(40-26(28)33)12-16-6-4-8-21(38-2)24(16)39-20-10-9-18(29(34)35)13-19(20)30(36)37/h3-13H,14H2,1-2H3,(H,27,31)/b22-12+. The molecule has 40 heavy (non-hydrogen) atoms. The third-order valence-electron chi connectivity index (χ3n) is 5.56. The lowest BCUT2D eigenvalue weighted by Crippen LogP contribution is -2.36. The fourth-order valence-electron chi connectivity index (χ4n) is 3.72. The van der Waals surface area contributed by atoms with Crippen molar-refractivity contribution in [3.05, 3.63) is 96.9 Å². The Hall–Kier alpha value is -5.24. The Morgan fingerprint density at radius 3 is 2.45 bits per heavy atom. The molecular weight excluding hydrogens is 544 g/mol. The van der Waals surface area contributed by atoms with E-state index in [2.05, 4.69) is 5.32 Å². The van der Waals surface area contributed by atoms with Crippen LogP contribution in [-0.2, 0) is 9.59 Å². The normalized spacial score (nSPS) is 13.8. The predicted molar refractivity (Wildman–Crippen MR) is 145 cm³/mol. The number of para-hydroxylation sites is 1. The number of nitrogens with zero attached hydrogens (tertiary/aromatic N) is 3. The molecule has 0 radical (unpaired) electrons. The number of carbonyl (C=O) groups is 3. The molecule has 204 valence electrons. The number of thioether (sulfide) groups is 1. The zero-order valence-electron chi connectivity index (χ0n) is 21.0. The molecule has 1 heterocycles. The van der Waals surface area contributed by atoms with Crippen LogP contribution >= 0.6 is 11.8 Å². The molecule has 1 aliphatic rings. The van der Waals surface area contributed by atoms with E-state index in [1.807, 2.05) is 13.0 Å². The molecule has 0 aliphatic carbocycles. The van der Waals surface area contributed by atoms with E-state index >= 15 is 0 Å². The minimum Gasteiger partial charge on any atom is -0.493 e. The zero-order valence-corrected chi connectivity index (χ0v) is 21.8. The number of ether oxygens (including phenoxy) is 2. The molecule has 1 N–H and O–H groups in total. The van der Waals surface area contributed by atoms with Gasteiger partial charge in [0.05, 0.1) is 27.9 Å². The van der Waals surface area contributed by atoms with Gasteiger partial charge in [-0.15, -0.1) is 0 Å². The number of amides is 3. The van der Waals surface area contributed by atoms with Gasteiger partial charge >= 0.3 is 5.69 Å². The third-order valence-corrected chi connectivity index (χ3v) is 6.46. The molecule has 1 saturated heterocycles. The van der Waals surface area contributed by atoms with E-state index in [9.17, 15) is 34.6 Å². The van der Waals surface area contributed by atoms with Gasteiger partial charge in [-0.1, -0.05) is 24.3 Å². The van der Waals surface area contributed by atoms with Crippen molar-refractivity contribution >= 4 is 52.0 Å². The van der Waals surface area contributed by atoms with Crippen LogP contribution in [-0.4, -0.2) is 45.5 Å². The van der Waals surface area contributed by atoms with Crippen molar-refractivity contribution in [1.29, 1.82) is 0 Å². The highest BCUT2D eigenvalue weighted by Crippen LogP contribution is 2.42. The second-order valence-electron chi connectivity index (χ2n) is 8.33. The topological polar surface area (TPSA) is 171 Å². The highest BCUT2D eigenvalue weighted by Gasteiger charge is 2.36. The summed E-state index contributed by atoms with van der Waals surface area (Å²) in [6, 6.07) is 14.5. The highest BCUT2D eigenvalue weighted by molar-refractivity contribution is 8.18. The van der Waals surface area contributed by atoms with E-state index in [-0.39, 0.29) is 27.7 Å². The number of imide groups is 1. The van der Waals surface area contributed by atoms with Gasteiger partial charge < -0.3 is 14.8 Å². The molecule has 3 aromatic carbocycles. The number of hydrogen-bond donors (Lipinski definition) is 1. The Balaban J connectivity index is 1.61. The zero-order chi connectivity index (χ0) is 29.0. The minimum absolute atomic E-state index is 0.0235. The number of aryl methyl sites for hydroxylation is 1. The largest absolute Gasteiger partial charge is 0.493 e. The van der Waals surface area contributed by atoms with Gasteiger partial charge in [-0.05, 0) is 54.6 Å². The summed E-state index contributed by atoms with van der Waals surface area (Å²) in [5, 5.41) is 24.6. The van der Waals surface area contributed by atoms with Gasteiger partial charge in [-0.3, -0.25) is 39.5 Å². The monoisotopic (exact) mass is 564 g/mol. The molecule has 0 unspecified atom stereocenters. The first-order valence-electron chi connectivity index (χ1n) is 11.5. The molecular formula is C26H20N4O9S. The van der Waals surface area contributed by atoms with E-state index < -0.39 is 44.8 Å². The molecule has 3 aromatic rings. The van der Waals surface area contributed by atoms with Gasteiger partial charge in [0.25, 0.3) is 16.8 Å². The van der Waals surface area contributed by atoms with Gasteiger partial charge in [-0.2, -0.15) is 0 Å². The maximum Gasteiger partial charge on any atom is 0.318 e. The van der Waals surface area contributed by atoms with Gasteiger partial charge in [0.2, 0.25) is 11.7 Å². The Morgan fingerprint density at radius 2 is 1.77 bits per heavy atom. The van der Waals surface area contributed by atoms with Crippen LogP contribution in [0.25, 0.3) is 6.08 Å². The minimum atomic E-state index is -0.829. The number of carbonyl (C=O) groups excluding carboxylic acids is 3. The average molecular weight is 565 g/mol. The van der Waals surface area contributed by atoms with Crippen LogP contribution in [0.3, 0.4) is 0 Å². The molecule has 1 fully saturated rings. The van der Waals surface area contributed by atoms with Gasteiger partial charge in [0.15, 0.2) is 11.5 Å². The molecule has 14 heteroatoms. The summed E-state index contributed by atoms with van der Waals surface area (Å²) in [4.78, 5) is 60.0. The van der Waals surface area contributed by atoms with E-state index in [0.29, 0.717) is 17.4 Å². The first-order chi connectivity index (χ1) is 19.1. The summed E-state index contributed by atoms with van der Waals surface area (Å²) in [5.74, 6) is -1.49. The summed E-state index contributed by atoms with van der Waals surface area (Å²) in [7, 11) is 1.33. The number of anilines is 1. The van der Waals surface area contributed by atoms with Crippen LogP contribution in [0.1, 0.15) is 11.1 Å². The average Bonchev–Trinajstić information content (AvgIpc) is 3.16. The fraction of sp³-hybridized carbons (Fsp3) is 0.115. The van der Waals surface area contributed by atoms with Crippen molar-refractivity contribution in [3.63, 3.8) is 0 Å². The second kappa shape index (κ2) is 11.7. The Morgan fingerprint density at radius 1 is 1.02 bits per heavy atom. The van der Waals surface area contributed by atoms with Crippen molar-refractivity contribution in [1.82, 2.24) is 4.90 Å². The van der Waals surface area contributed by atoms with E-state index in [0.717, 1.165) is 28.7 Å².